The molecule has 0 aromatic carbocycles. The molecule has 14 heavy (non-hydrogen) atoms. The number of carbonyl (C=O) groups is 1. The predicted molar refractivity (Wildman–Crippen MR) is 62.1 cm³/mol. The summed E-state index contributed by atoms with van der Waals surface area (Å²) < 4.78 is 24.9. The van der Waals surface area contributed by atoms with Crippen LogP contribution in [0.3, 0.4) is 0 Å². The van der Waals surface area contributed by atoms with Crippen molar-refractivity contribution >= 4 is 38.6 Å². The molecular formula is C7H14INO4S. The summed E-state index contributed by atoms with van der Waals surface area (Å²) >= 11 is 1.83. The quantitative estimate of drug-likeness (QED) is 0.527. The maximum absolute atomic E-state index is 11.3. The van der Waals surface area contributed by atoms with E-state index < -0.39 is 22.0 Å². The van der Waals surface area contributed by atoms with E-state index in [1.54, 1.807) is 0 Å². The Morgan fingerprint density at radius 3 is 2.50 bits per heavy atom. The molecule has 0 bridgehead atoms. The Morgan fingerprint density at radius 1 is 1.57 bits per heavy atom. The molecule has 5 nitrogen and oxygen atoms in total. The van der Waals surface area contributed by atoms with E-state index >= 15 is 0 Å². The fourth-order valence-electron chi connectivity index (χ4n) is 0.758. The molecule has 0 fully saturated rings. The summed E-state index contributed by atoms with van der Waals surface area (Å²) in [5, 5.41) is 8.63. The number of nitrogens with one attached hydrogen (secondary N) is 1. The van der Waals surface area contributed by atoms with Gasteiger partial charge in [-0.15, -0.1) is 0 Å². The third-order valence-corrected chi connectivity index (χ3v) is 3.89. The number of aliphatic carboxylic acids is 1. The van der Waals surface area contributed by atoms with Crippen LogP contribution < -0.4 is 4.72 Å². The zero-order valence-electron chi connectivity index (χ0n) is 7.86. The topological polar surface area (TPSA) is 83.5 Å². The Morgan fingerprint density at radius 2 is 2.14 bits per heavy atom. The average Bonchev–Trinajstić information content (AvgIpc) is 2.10. The number of carboxylic acids is 1. The van der Waals surface area contributed by atoms with Gasteiger partial charge in [0.15, 0.2) is 0 Å². The van der Waals surface area contributed by atoms with Crippen LogP contribution in [0.2, 0.25) is 0 Å². The van der Waals surface area contributed by atoms with Crippen LogP contribution >= 0.6 is 22.6 Å². The monoisotopic (exact) mass is 335 g/mol. The SMILES string of the molecule is CCCCS(=O)(=O)NC(CI)C(=O)O. The normalized spacial score (nSPS) is 13.9. The molecule has 0 aliphatic heterocycles. The molecular weight excluding hydrogens is 321 g/mol. The summed E-state index contributed by atoms with van der Waals surface area (Å²) in [6.45, 7) is 1.88. The molecule has 0 saturated carbocycles. The molecule has 0 rings (SSSR count). The Hall–Kier alpha value is 0.110. The second kappa shape index (κ2) is 6.57. The molecule has 0 aliphatic rings. The van der Waals surface area contributed by atoms with E-state index in [0.717, 1.165) is 6.42 Å². The van der Waals surface area contributed by atoms with Crippen LogP contribution in [0.1, 0.15) is 19.8 Å². The molecule has 1 atom stereocenters. The largest absolute Gasteiger partial charge is 0.480 e. The summed E-state index contributed by atoms with van der Waals surface area (Å²) in [7, 11) is -3.44. The van der Waals surface area contributed by atoms with Crippen LogP contribution in [0.5, 0.6) is 0 Å². The highest BCUT2D eigenvalue weighted by Gasteiger charge is 2.21. The number of sulfonamides is 1. The van der Waals surface area contributed by atoms with Crippen molar-refractivity contribution < 1.29 is 18.3 Å². The zero-order valence-corrected chi connectivity index (χ0v) is 10.8. The van der Waals surface area contributed by atoms with E-state index in [-0.39, 0.29) is 10.2 Å². The van der Waals surface area contributed by atoms with Gasteiger partial charge >= 0.3 is 5.97 Å². The van der Waals surface area contributed by atoms with Gasteiger partial charge in [-0.25, -0.2) is 13.1 Å². The fourth-order valence-corrected chi connectivity index (χ4v) is 3.06. The van der Waals surface area contributed by atoms with E-state index in [0.29, 0.717) is 6.42 Å². The van der Waals surface area contributed by atoms with Crippen LogP contribution in [-0.4, -0.2) is 35.7 Å². The van der Waals surface area contributed by atoms with E-state index in [2.05, 4.69) is 4.72 Å². The van der Waals surface area contributed by atoms with Gasteiger partial charge in [0.25, 0.3) is 0 Å². The number of rotatable bonds is 7. The number of hydrogen-bond donors (Lipinski definition) is 2. The third-order valence-electron chi connectivity index (χ3n) is 1.54. The molecule has 2 N–H and O–H groups in total. The minimum absolute atomic E-state index is 0.01000. The lowest BCUT2D eigenvalue weighted by Crippen LogP contribution is -2.42. The maximum atomic E-state index is 11.3. The molecule has 0 radical (unpaired) electrons. The van der Waals surface area contributed by atoms with Crippen molar-refractivity contribution in [2.45, 2.75) is 25.8 Å². The molecule has 0 aromatic heterocycles. The van der Waals surface area contributed by atoms with Crippen molar-refractivity contribution in [3.8, 4) is 0 Å². The highest BCUT2D eigenvalue weighted by molar-refractivity contribution is 14.1. The molecule has 0 aromatic rings. The van der Waals surface area contributed by atoms with Crippen molar-refractivity contribution in [2.24, 2.45) is 0 Å². The standard InChI is InChI=1S/C7H14INO4S/c1-2-3-4-14(12,13)9-6(5-8)7(10)11/h6,9H,2-5H2,1H3,(H,10,11). The number of carboxylic acid groups (broad SMARTS) is 1. The van der Waals surface area contributed by atoms with Crippen molar-refractivity contribution in [1.29, 1.82) is 0 Å². The molecule has 0 saturated heterocycles. The smallest absolute Gasteiger partial charge is 0.322 e. The lowest BCUT2D eigenvalue weighted by atomic mass is 10.4. The summed E-state index contributed by atoms with van der Waals surface area (Å²) in [5.74, 6) is -1.15. The van der Waals surface area contributed by atoms with Gasteiger partial charge in [0.1, 0.15) is 6.04 Å². The Balaban J connectivity index is 4.26. The molecule has 84 valence electrons. The Bertz CT molecular complexity index is 277. The minimum Gasteiger partial charge on any atom is -0.480 e. The minimum atomic E-state index is -3.44. The highest BCUT2D eigenvalue weighted by Crippen LogP contribution is 1.98. The second-order valence-corrected chi connectivity index (χ2v) is 5.59. The van der Waals surface area contributed by atoms with Crippen molar-refractivity contribution in [3.63, 3.8) is 0 Å². The first-order chi connectivity index (χ1) is 6.43. The first-order valence-corrected chi connectivity index (χ1v) is 7.39. The number of hydrogen-bond acceptors (Lipinski definition) is 3. The van der Waals surface area contributed by atoms with Crippen LogP contribution in [-0.2, 0) is 14.8 Å². The van der Waals surface area contributed by atoms with Gasteiger partial charge in [-0.1, -0.05) is 35.9 Å². The lowest BCUT2D eigenvalue weighted by molar-refractivity contribution is -0.138. The molecule has 7 heteroatoms. The Kier molecular flexibility index (Phi) is 6.62. The van der Waals surface area contributed by atoms with E-state index in [4.69, 9.17) is 5.11 Å². The van der Waals surface area contributed by atoms with Crippen molar-refractivity contribution in [1.82, 2.24) is 4.72 Å². The molecule has 0 amide bonds. The highest BCUT2D eigenvalue weighted by atomic mass is 127. The van der Waals surface area contributed by atoms with E-state index in [9.17, 15) is 13.2 Å². The van der Waals surface area contributed by atoms with Gasteiger partial charge in [0.2, 0.25) is 10.0 Å². The van der Waals surface area contributed by atoms with E-state index in [1.165, 1.54) is 0 Å². The molecule has 0 aliphatic carbocycles. The van der Waals surface area contributed by atoms with E-state index in [1.807, 2.05) is 29.5 Å². The second-order valence-electron chi connectivity index (χ2n) is 2.84. The van der Waals surface area contributed by atoms with Gasteiger partial charge in [-0.2, -0.15) is 0 Å². The first-order valence-electron chi connectivity index (χ1n) is 4.21. The van der Waals surface area contributed by atoms with Crippen LogP contribution in [0.15, 0.2) is 0 Å². The number of halogens is 1. The van der Waals surface area contributed by atoms with Crippen molar-refractivity contribution in [3.05, 3.63) is 0 Å². The Labute approximate surface area is 97.5 Å². The zero-order chi connectivity index (χ0) is 11.2. The maximum Gasteiger partial charge on any atom is 0.322 e. The molecule has 1 unspecified atom stereocenters. The predicted octanol–water partition coefficient (Wildman–Crippen LogP) is 0.594. The van der Waals surface area contributed by atoms with Crippen molar-refractivity contribution in [2.75, 3.05) is 10.2 Å². The first kappa shape index (κ1) is 14.1. The average molecular weight is 335 g/mol. The van der Waals surface area contributed by atoms with Gasteiger partial charge in [-0.3, -0.25) is 4.79 Å². The van der Waals surface area contributed by atoms with Crippen LogP contribution in [0, 0.1) is 0 Å². The fraction of sp³-hybridized carbons (Fsp3) is 0.857. The molecule has 0 spiro atoms. The van der Waals surface area contributed by atoms with Crippen LogP contribution in [0.25, 0.3) is 0 Å². The third kappa shape index (κ3) is 5.76. The summed E-state index contributed by atoms with van der Waals surface area (Å²) in [4.78, 5) is 10.6. The van der Waals surface area contributed by atoms with Gasteiger partial charge in [-0.05, 0) is 6.42 Å². The number of alkyl halides is 1. The summed E-state index contributed by atoms with van der Waals surface area (Å²) in [5.41, 5.74) is 0. The lowest BCUT2D eigenvalue weighted by Gasteiger charge is -2.11. The molecule has 0 heterocycles. The summed E-state index contributed by atoms with van der Waals surface area (Å²) in [6, 6.07) is -1.02. The summed E-state index contributed by atoms with van der Waals surface area (Å²) in [6.07, 6.45) is 1.31. The van der Waals surface area contributed by atoms with Gasteiger partial charge in [0.05, 0.1) is 5.75 Å². The van der Waals surface area contributed by atoms with Gasteiger partial charge in [0, 0.05) is 4.43 Å². The van der Waals surface area contributed by atoms with Gasteiger partial charge < -0.3 is 5.11 Å². The number of unbranched alkanes of at least 4 members (excludes halogenated alkanes) is 1. The van der Waals surface area contributed by atoms with Crippen LogP contribution in [0.4, 0.5) is 0 Å².